The van der Waals surface area contributed by atoms with Crippen molar-refractivity contribution in [2.24, 2.45) is 17.3 Å². The zero-order chi connectivity index (χ0) is 9.07. The molecule has 0 N–H and O–H groups in total. The fourth-order valence-corrected chi connectivity index (χ4v) is 1.11. The van der Waals surface area contributed by atoms with Crippen LogP contribution in [0.15, 0.2) is 0 Å². The van der Waals surface area contributed by atoms with Crippen LogP contribution in [0.4, 0.5) is 0 Å². The van der Waals surface area contributed by atoms with Crippen molar-refractivity contribution in [1.29, 1.82) is 5.26 Å². The molecule has 0 aromatic heterocycles. The molecule has 0 bridgehead atoms. The minimum Gasteiger partial charge on any atom is -0.198 e. The standard InChI is InChI=1S/C10H19N/c1-8(2)6-9(3)10(4,5)7-11/h8-9H,6H2,1-5H3. The summed E-state index contributed by atoms with van der Waals surface area (Å²) in [7, 11) is 0. The van der Waals surface area contributed by atoms with Gasteiger partial charge in [0.25, 0.3) is 0 Å². The molecule has 1 unspecified atom stereocenters. The lowest BCUT2D eigenvalue weighted by molar-refractivity contribution is 0.270. The van der Waals surface area contributed by atoms with Gasteiger partial charge in [0.05, 0.1) is 11.5 Å². The summed E-state index contributed by atoms with van der Waals surface area (Å²) in [5.41, 5.74) is -0.162. The molecule has 0 aliphatic carbocycles. The highest BCUT2D eigenvalue weighted by molar-refractivity contribution is 4.95. The van der Waals surface area contributed by atoms with E-state index in [2.05, 4.69) is 26.8 Å². The van der Waals surface area contributed by atoms with Crippen molar-refractivity contribution >= 4 is 0 Å². The Morgan fingerprint density at radius 1 is 1.27 bits per heavy atom. The van der Waals surface area contributed by atoms with Crippen LogP contribution in [0.5, 0.6) is 0 Å². The van der Waals surface area contributed by atoms with Gasteiger partial charge in [-0.25, -0.2) is 0 Å². The number of rotatable bonds is 3. The van der Waals surface area contributed by atoms with Gasteiger partial charge in [-0.15, -0.1) is 0 Å². The largest absolute Gasteiger partial charge is 0.198 e. The number of hydrogen-bond donors (Lipinski definition) is 0. The van der Waals surface area contributed by atoms with E-state index in [1.54, 1.807) is 0 Å². The smallest absolute Gasteiger partial charge is 0.0686 e. The first kappa shape index (κ1) is 10.5. The Balaban J connectivity index is 4.04. The van der Waals surface area contributed by atoms with E-state index in [4.69, 9.17) is 5.26 Å². The summed E-state index contributed by atoms with van der Waals surface area (Å²) >= 11 is 0. The first-order valence-electron chi connectivity index (χ1n) is 4.31. The highest BCUT2D eigenvalue weighted by atomic mass is 14.4. The van der Waals surface area contributed by atoms with Gasteiger partial charge in [0.15, 0.2) is 0 Å². The van der Waals surface area contributed by atoms with E-state index in [-0.39, 0.29) is 5.41 Å². The molecule has 0 aromatic carbocycles. The molecule has 0 heterocycles. The van der Waals surface area contributed by atoms with Crippen LogP contribution in [-0.2, 0) is 0 Å². The number of nitrogens with zero attached hydrogens (tertiary/aromatic N) is 1. The van der Waals surface area contributed by atoms with Crippen LogP contribution in [-0.4, -0.2) is 0 Å². The summed E-state index contributed by atoms with van der Waals surface area (Å²) in [5, 5.41) is 8.83. The van der Waals surface area contributed by atoms with Crippen molar-refractivity contribution in [3.05, 3.63) is 0 Å². The predicted octanol–water partition coefficient (Wildman–Crippen LogP) is 3.22. The second-order valence-electron chi connectivity index (χ2n) is 4.36. The van der Waals surface area contributed by atoms with Gasteiger partial charge in [0, 0.05) is 0 Å². The molecule has 0 aromatic rings. The van der Waals surface area contributed by atoms with Gasteiger partial charge in [-0.05, 0) is 32.1 Å². The first-order valence-corrected chi connectivity index (χ1v) is 4.31. The van der Waals surface area contributed by atoms with Crippen molar-refractivity contribution in [3.8, 4) is 6.07 Å². The Bertz CT molecular complexity index is 151. The lowest BCUT2D eigenvalue weighted by Gasteiger charge is -2.25. The Hall–Kier alpha value is -0.510. The summed E-state index contributed by atoms with van der Waals surface area (Å²) in [4.78, 5) is 0. The highest BCUT2D eigenvalue weighted by Crippen LogP contribution is 2.30. The zero-order valence-electron chi connectivity index (χ0n) is 8.31. The van der Waals surface area contributed by atoms with Crippen molar-refractivity contribution in [1.82, 2.24) is 0 Å². The monoisotopic (exact) mass is 153 g/mol. The van der Waals surface area contributed by atoms with E-state index in [0.717, 1.165) is 6.42 Å². The third kappa shape index (κ3) is 3.41. The molecular weight excluding hydrogens is 134 g/mol. The number of hydrogen-bond acceptors (Lipinski definition) is 1. The van der Waals surface area contributed by atoms with E-state index in [9.17, 15) is 0 Å². The van der Waals surface area contributed by atoms with E-state index < -0.39 is 0 Å². The van der Waals surface area contributed by atoms with Gasteiger partial charge in [-0.2, -0.15) is 5.26 Å². The minimum absolute atomic E-state index is 0.162. The molecule has 1 nitrogen and oxygen atoms in total. The average Bonchev–Trinajstić information content (AvgIpc) is 1.86. The van der Waals surface area contributed by atoms with Crippen LogP contribution >= 0.6 is 0 Å². The molecule has 0 spiro atoms. The molecule has 0 rings (SSSR count). The van der Waals surface area contributed by atoms with Crippen molar-refractivity contribution in [2.45, 2.75) is 41.0 Å². The first-order chi connectivity index (χ1) is 4.90. The predicted molar refractivity (Wildman–Crippen MR) is 48.0 cm³/mol. The zero-order valence-corrected chi connectivity index (χ0v) is 8.31. The van der Waals surface area contributed by atoms with E-state index in [0.29, 0.717) is 11.8 Å². The average molecular weight is 153 g/mol. The maximum Gasteiger partial charge on any atom is 0.0686 e. The summed E-state index contributed by atoms with van der Waals surface area (Å²) in [6.45, 7) is 10.6. The quantitative estimate of drug-likeness (QED) is 0.610. The molecular formula is C10H19N. The Morgan fingerprint density at radius 2 is 1.73 bits per heavy atom. The summed E-state index contributed by atoms with van der Waals surface area (Å²) in [6, 6.07) is 2.35. The van der Waals surface area contributed by atoms with Crippen LogP contribution in [0.3, 0.4) is 0 Å². The molecule has 0 amide bonds. The van der Waals surface area contributed by atoms with Crippen LogP contribution in [0.1, 0.15) is 41.0 Å². The fraction of sp³-hybridized carbons (Fsp3) is 0.900. The molecule has 64 valence electrons. The van der Waals surface area contributed by atoms with Gasteiger partial charge < -0.3 is 0 Å². The molecule has 0 aliphatic rings. The van der Waals surface area contributed by atoms with Gasteiger partial charge in [-0.3, -0.25) is 0 Å². The Morgan fingerprint density at radius 3 is 2.00 bits per heavy atom. The molecule has 0 saturated carbocycles. The van der Waals surface area contributed by atoms with E-state index in [1.807, 2.05) is 13.8 Å². The second-order valence-corrected chi connectivity index (χ2v) is 4.36. The van der Waals surface area contributed by atoms with Gasteiger partial charge in [-0.1, -0.05) is 20.8 Å². The maximum absolute atomic E-state index is 8.83. The Kier molecular flexibility index (Phi) is 3.58. The summed E-state index contributed by atoms with van der Waals surface area (Å²) < 4.78 is 0. The second kappa shape index (κ2) is 3.76. The Labute approximate surface area is 70.4 Å². The normalized spacial score (nSPS) is 14.6. The minimum atomic E-state index is -0.162. The van der Waals surface area contributed by atoms with Crippen LogP contribution in [0.2, 0.25) is 0 Å². The van der Waals surface area contributed by atoms with Crippen LogP contribution in [0, 0.1) is 28.6 Å². The molecule has 0 aliphatic heterocycles. The summed E-state index contributed by atoms with van der Waals surface area (Å²) in [6.07, 6.45) is 1.14. The van der Waals surface area contributed by atoms with Crippen LogP contribution in [0.25, 0.3) is 0 Å². The molecule has 0 fully saturated rings. The van der Waals surface area contributed by atoms with Crippen molar-refractivity contribution in [2.75, 3.05) is 0 Å². The molecule has 1 heteroatoms. The molecule has 0 radical (unpaired) electrons. The van der Waals surface area contributed by atoms with E-state index in [1.165, 1.54) is 0 Å². The SMILES string of the molecule is CC(C)CC(C)C(C)(C)C#N. The molecule has 11 heavy (non-hydrogen) atoms. The third-order valence-corrected chi connectivity index (χ3v) is 2.35. The molecule has 0 saturated heterocycles. The van der Waals surface area contributed by atoms with Crippen LogP contribution < -0.4 is 0 Å². The van der Waals surface area contributed by atoms with Gasteiger partial charge in [0.1, 0.15) is 0 Å². The van der Waals surface area contributed by atoms with E-state index >= 15 is 0 Å². The van der Waals surface area contributed by atoms with Crippen molar-refractivity contribution in [3.63, 3.8) is 0 Å². The highest BCUT2D eigenvalue weighted by Gasteiger charge is 2.25. The van der Waals surface area contributed by atoms with Gasteiger partial charge in [0.2, 0.25) is 0 Å². The topological polar surface area (TPSA) is 23.8 Å². The molecule has 1 atom stereocenters. The number of nitriles is 1. The maximum atomic E-state index is 8.83. The summed E-state index contributed by atoms with van der Waals surface area (Å²) in [5.74, 6) is 1.19. The van der Waals surface area contributed by atoms with Gasteiger partial charge >= 0.3 is 0 Å². The lowest BCUT2D eigenvalue weighted by Crippen LogP contribution is -2.20. The van der Waals surface area contributed by atoms with Crippen molar-refractivity contribution < 1.29 is 0 Å². The lowest BCUT2D eigenvalue weighted by atomic mass is 9.77. The fourth-order valence-electron chi connectivity index (χ4n) is 1.11. The third-order valence-electron chi connectivity index (χ3n) is 2.35.